The molecule has 1 atom stereocenters. The Morgan fingerprint density at radius 3 is 3.18 bits per heavy atom. The Hall–Kier alpha value is -1.26. The molecular formula is C13H18N2O2. The fraction of sp³-hybridized carbons (Fsp3) is 0.538. The maximum absolute atomic E-state index is 9.43. The van der Waals surface area contributed by atoms with E-state index in [9.17, 15) is 5.11 Å². The zero-order chi connectivity index (χ0) is 11.7. The highest BCUT2D eigenvalue weighted by Gasteiger charge is 2.29. The molecule has 0 aromatic heterocycles. The minimum atomic E-state index is 0.280. The summed E-state index contributed by atoms with van der Waals surface area (Å²) in [5.74, 6) is 1.12. The van der Waals surface area contributed by atoms with Gasteiger partial charge >= 0.3 is 0 Å². The van der Waals surface area contributed by atoms with Gasteiger partial charge in [-0.2, -0.15) is 0 Å². The molecule has 2 aliphatic heterocycles. The van der Waals surface area contributed by atoms with E-state index in [0.717, 1.165) is 31.9 Å². The lowest BCUT2D eigenvalue weighted by atomic mass is 10.1. The Bertz CT molecular complexity index is 400. The molecule has 0 saturated carbocycles. The van der Waals surface area contributed by atoms with E-state index in [1.54, 1.807) is 12.1 Å². The molecule has 0 bridgehead atoms. The van der Waals surface area contributed by atoms with Crippen molar-refractivity contribution in [3.05, 3.63) is 23.8 Å². The highest BCUT2D eigenvalue weighted by Crippen LogP contribution is 2.38. The van der Waals surface area contributed by atoms with Crippen molar-refractivity contribution >= 4 is 0 Å². The van der Waals surface area contributed by atoms with Crippen LogP contribution < -0.4 is 10.1 Å². The Kier molecular flexibility index (Phi) is 2.91. The first kappa shape index (κ1) is 10.9. The molecule has 1 saturated heterocycles. The van der Waals surface area contributed by atoms with Gasteiger partial charge in [-0.3, -0.25) is 4.90 Å². The molecule has 1 aromatic rings. The number of aromatic hydroxyl groups is 1. The molecule has 3 rings (SSSR count). The Labute approximate surface area is 101 Å². The van der Waals surface area contributed by atoms with Gasteiger partial charge in [-0.05, 0) is 25.1 Å². The molecule has 4 heteroatoms. The number of nitrogens with zero attached hydrogens (tertiary/aromatic N) is 1. The lowest BCUT2D eigenvalue weighted by Gasteiger charge is -2.25. The van der Waals surface area contributed by atoms with Crippen molar-refractivity contribution in [3.63, 3.8) is 0 Å². The second-order valence-electron chi connectivity index (χ2n) is 4.69. The number of nitrogens with one attached hydrogen (secondary N) is 1. The number of phenols is 1. The average molecular weight is 234 g/mol. The van der Waals surface area contributed by atoms with Gasteiger partial charge < -0.3 is 15.2 Å². The normalized spacial score (nSPS) is 25.1. The van der Waals surface area contributed by atoms with Crippen LogP contribution in [0.25, 0.3) is 0 Å². The van der Waals surface area contributed by atoms with Crippen molar-refractivity contribution in [1.82, 2.24) is 10.2 Å². The van der Waals surface area contributed by atoms with Gasteiger partial charge in [-0.1, -0.05) is 0 Å². The monoisotopic (exact) mass is 234 g/mol. The predicted octanol–water partition coefficient (Wildman–Crippen LogP) is 1.12. The summed E-state index contributed by atoms with van der Waals surface area (Å²) in [6.45, 7) is 5.03. The summed E-state index contributed by atoms with van der Waals surface area (Å²) in [6, 6.07) is 5.80. The van der Waals surface area contributed by atoms with Crippen molar-refractivity contribution in [2.75, 3.05) is 32.8 Å². The fourth-order valence-corrected chi connectivity index (χ4v) is 2.66. The maximum Gasteiger partial charge on any atom is 0.127 e. The van der Waals surface area contributed by atoms with E-state index in [-0.39, 0.29) is 5.75 Å². The number of fused-ring (bicyclic) bond motifs is 1. The van der Waals surface area contributed by atoms with Crippen LogP contribution in [-0.2, 0) is 0 Å². The van der Waals surface area contributed by atoms with Crippen molar-refractivity contribution in [2.24, 2.45) is 0 Å². The first-order chi connectivity index (χ1) is 8.34. The van der Waals surface area contributed by atoms with Crippen LogP contribution in [0.1, 0.15) is 18.0 Å². The van der Waals surface area contributed by atoms with Crippen LogP contribution in [0, 0.1) is 0 Å². The van der Waals surface area contributed by atoms with E-state index < -0.39 is 0 Å². The molecular weight excluding hydrogens is 216 g/mol. The standard InChI is InChI=1S/C13H18N2O2/c16-10-2-3-11-12(9-17-13(11)8-10)15-6-1-4-14-5-7-15/h2-3,8,12,14,16H,1,4-7,9H2. The van der Waals surface area contributed by atoms with E-state index in [1.165, 1.54) is 12.0 Å². The molecule has 92 valence electrons. The number of benzene rings is 1. The third kappa shape index (κ3) is 2.10. The summed E-state index contributed by atoms with van der Waals surface area (Å²) >= 11 is 0. The van der Waals surface area contributed by atoms with Crippen LogP contribution in [0.2, 0.25) is 0 Å². The third-order valence-corrected chi connectivity index (χ3v) is 3.57. The molecule has 1 unspecified atom stereocenters. The van der Waals surface area contributed by atoms with Crippen molar-refractivity contribution in [1.29, 1.82) is 0 Å². The average Bonchev–Trinajstić information content (AvgIpc) is 2.57. The molecule has 4 nitrogen and oxygen atoms in total. The predicted molar refractivity (Wildman–Crippen MR) is 65.4 cm³/mol. The van der Waals surface area contributed by atoms with Crippen LogP contribution in [-0.4, -0.2) is 42.8 Å². The molecule has 17 heavy (non-hydrogen) atoms. The van der Waals surface area contributed by atoms with Crippen LogP contribution >= 0.6 is 0 Å². The van der Waals surface area contributed by atoms with E-state index >= 15 is 0 Å². The molecule has 1 fully saturated rings. The third-order valence-electron chi connectivity index (χ3n) is 3.57. The van der Waals surface area contributed by atoms with E-state index in [0.29, 0.717) is 12.6 Å². The van der Waals surface area contributed by atoms with Gasteiger partial charge in [0, 0.05) is 31.3 Å². The first-order valence-corrected chi connectivity index (χ1v) is 6.25. The number of ether oxygens (including phenoxy) is 1. The molecule has 0 amide bonds. The summed E-state index contributed by atoms with van der Waals surface area (Å²) in [6.07, 6.45) is 1.18. The van der Waals surface area contributed by atoms with Gasteiger partial charge in [0.15, 0.2) is 0 Å². The van der Waals surface area contributed by atoms with Gasteiger partial charge in [-0.15, -0.1) is 0 Å². The van der Waals surface area contributed by atoms with Gasteiger partial charge in [0.1, 0.15) is 18.1 Å². The Morgan fingerprint density at radius 1 is 1.29 bits per heavy atom. The molecule has 2 N–H and O–H groups in total. The zero-order valence-corrected chi connectivity index (χ0v) is 9.85. The highest BCUT2D eigenvalue weighted by atomic mass is 16.5. The fourth-order valence-electron chi connectivity index (χ4n) is 2.66. The Morgan fingerprint density at radius 2 is 2.24 bits per heavy atom. The molecule has 0 aliphatic carbocycles. The van der Waals surface area contributed by atoms with E-state index in [4.69, 9.17) is 4.74 Å². The van der Waals surface area contributed by atoms with Gasteiger partial charge in [-0.25, -0.2) is 0 Å². The van der Waals surface area contributed by atoms with Gasteiger partial charge in [0.2, 0.25) is 0 Å². The van der Waals surface area contributed by atoms with Crippen molar-refractivity contribution in [3.8, 4) is 11.5 Å². The summed E-state index contributed by atoms with van der Waals surface area (Å²) < 4.78 is 5.66. The lowest BCUT2D eigenvalue weighted by Crippen LogP contribution is -2.33. The lowest BCUT2D eigenvalue weighted by molar-refractivity contribution is 0.172. The van der Waals surface area contributed by atoms with Crippen LogP contribution in [0.3, 0.4) is 0 Å². The van der Waals surface area contributed by atoms with Crippen molar-refractivity contribution < 1.29 is 9.84 Å². The van der Waals surface area contributed by atoms with Crippen molar-refractivity contribution in [2.45, 2.75) is 12.5 Å². The molecule has 2 aliphatic rings. The van der Waals surface area contributed by atoms with Gasteiger partial charge in [0.05, 0.1) is 6.04 Å². The van der Waals surface area contributed by atoms with Crippen LogP contribution in [0.15, 0.2) is 18.2 Å². The molecule has 0 spiro atoms. The van der Waals surface area contributed by atoms with Gasteiger partial charge in [0.25, 0.3) is 0 Å². The molecule has 1 aromatic carbocycles. The maximum atomic E-state index is 9.43. The largest absolute Gasteiger partial charge is 0.508 e. The quantitative estimate of drug-likeness (QED) is 0.764. The van der Waals surface area contributed by atoms with E-state index in [1.807, 2.05) is 6.07 Å². The second kappa shape index (κ2) is 4.55. The Balaban J connectivity index is 1.82. The summed E-state index contributed by atoms with van der Waals surface area (Å²) in [4.78, 5) is 2.48. The summed E-state index contributed by atoms with van der Waals surface area (Å²) in [5.41, 5.74) is 1.21. The first-order valence-electron chi connectivity index (χ1n) is 6.25. The second-order valence-corrected chi connectivity index (χ2v) is 4.69. The zero-order valence-electron chi connectivity index (χ0n) is 9.85. The van der Waals surface area contributed by atoms with Crippen LogP contribution in [0.5, 0.6) is 11.5 Å². The number of rotatable bonds is 1. The molecule has 0 radical (unpaired) electrons. The SMILES string of the molecule is Oc1ccc2c(c1)OCC2N1CCCNCC1. The topological polar surface area (TPSA) is 44.7 Å². The molecule has 2 heterocycles. The highest BCUT2D eigenvalue weighted by molar-refractivity contribution is 5.44. The smallest absolute Gasteiger partial charge is 0.127 e. The minimum absolute atomic E-state index is 0.280. The van der Waals surface area contributed by atoms with Crippen LogP contribution in [0.4, 0.5) is 0 Å². The minimum Gasteiger partial charge on any atom is -0.508 e. The summed E-state index contributed by atoms with van der Waals surface area (Å²) in [5, 5.41) is 12.8. The number of phenolic OH excluding ortho intramolecular Hbond substituents is 1. The van der Waals surface area contributed by atoms with E-state index in [2.05, 4.69) is 10.2 Å². The number of hydrogen-bond donors (Lipinski definition) is 2. The summed E-state index contributed by atoms with van der Waals surface area (Å²) in [7, 11) is 0. The number of hydrogen-bond acceptors (Lipinski definition) is 4.